The Kier molecular flexibility index (Phi) is 4.63. The van der Waals surface area contributed by atoms with Gasteiger partial charge in [0.1, 0.15) is 13.2 Å². The topological polar surface area (TPSA) is 93.1 Å². The highest BCUT2D eigenvalue weighted by molar-refractivity contribution is 6.36. The van der Waals surface area contributed by atoms with Gasteiger partial charge in [-0.3, -0.25) is 0 Å². The van der Waals surface area contributed by atoms with Crippen molar-refractivity contribution in [2.45, 2.75) is 0 Å². The van der Waals surface area contributed by atoms with E-state index in [1.165, 1.54) is 36.4 Å². The fourth-order valence-corrected chi connectivity index (χ4v) is 2.69. The van der Waals surface area contributed by atoms with Crippen LogP contribution in [0.3, 0.4) is 0 Å². The first kappa shape index (κ1) is 16.9. The van der Waals surface area contributed by atoms with E-state index >= 15 is 0 Å². The van der Waals surface area contributed by atoms with Gasteiger partial charge in [0.2, 0.25) is 0 Å². The summed E-state index contributed by atoms with van der Waals surface area (Å²) in [6, 6.07) is 10.5. The third kappa shape index (κ3) is 3.44. The van der Waals surface area contributed by atoms with E-state index in [1.807, 2.05) is 0 Å². The molecule has 2 aromatic carbocycles. The second-order valence-electron chi connectivity index (χ2n) is 5.23. The second-order valence-corrected chi connectivity index (χ2v) is 5.66. The Morgan fingerprint density at radius 1 is 0.800 bits per heavy atom. The number of hydrogen-bond acceptors (Lipinski definition) is 4. The van der Waals surface area contributed by atoms with E-state index in [9.17, 15) is 19.8 Å². The molecule has 0 spiro atoms. The summed E-state index contributed by atoms with van der Waals surface area (Å²) in [5, 5.41) is 19.7. The van der Waals surface area contributed by atoms with Gasteiger partial charge in [-0.2, -0.15) is 0 Å². The Hall–Kier alpha value is -2.99. The van der Waals surface area contributed by atoms with Gasteiger partial charge in [0.25, 0.3) is 0 Å². The number of aliphatic carboxylic acids is 2. The van der Waals surface area contributed by atoms with E-state index < -0.39 is 11.9 Å². The zero-order valence-electron chi connectivity index (χ0n) is 12.9. The van der Waals surface area contributed by atoms with E-state index in [4.69, 9.17) is 21.1 Å². The number of rotatable bonds is 4. The average molecular weight is 361 g/mol. The third-order valence-corrected chi connectivity index (χ3v) is 3.89. The maximum absolute atomic E-state index is 11.8. The van der Waals surface area contributed by atoms with Gasteiger partial charge in [-0.15, -0.1) is 0 Å². The maximum atomic E-state index is 11.8. The molecule has 6 nitrogen and oxygen atoms in total. The van der Waals surface area contributed by atoms with E-state index in [2.05, 4.69) is 0 Å². The minimum absolute atomic E-state index is 0.212. The van der Waals surface area contributed by atoms with Crippen LogP contribution in [0.15, 0.2) is 42.5 Å². The molecule has 0 bridgehead atoms. The molecule has 0 unspecified atom stereocenters. The van der Waals surface area contributed by atoms with Crippen molar-refractivity contribution in [2.75, 3.05) is 13.2 Å². The van der Waals surface area contributed by atoms with Gasteiger partial charge in [-0.05, 0) is 35.4 Å². The van der Waals surface area contributed by atoms with Crippen LogP contribution in [0.5, 0.6) is 11.5 Å². The van der Waals surface area contributed by atoms with Gasteiger partial charge in [-0.25, -0.2) is 9.59 Å². The molecule has 3 rings (SSSR count). The lowest BCUT2D eigenvalue weighted by Gasteiger charge is -2.19. The Morgan fingerprint density at radius 2 is 1.32 bits per heavy atom. The lowest BCUT2D eigenvalue weighted by molar-refractivity contribution is -0.132. The zero-order chi connectivity index (χ0) is 18.0. The van der Waals surface area contributed by atoms with Crippen molar-refractivity contribution in [1.29, 1.82) is 0 Å². The number of carbonyl (C=O) groups is 2. The van der Waals surface area contributed by atoms with Crippen LogP contribution >= 0.6 is 11.6 Å². The Bertz CT molecular complexity index is 870. The van der Waals surface area contributed by atoms with Crippen molar-refractivity contribution in [2.24, 2.45) is 0 Å². The van der Waals surface area contributed by atoms with Crippen LogP contribution in [0.4, 0.5) is 0 Å². The number of hydrogen-bond donors (Lipinski definition) is 2. The number of benzene rings is 2. The van der Waals surface area contributed by atoms with Gasteiger partial charge >= 0.3 is 11.9 Å². The third-order valence-electron chi connectivity index (χ3n) is 3.64. The molecular weight excluding hydrogens is 348 g/mol. The summed E-state index contributed by atoms with van der Waals surface area (Å²) in [6.45, 7) is 0.741. The maximum Gasteiger partial charge on any atom is 0.337 e. The predicted molar refractivity (Wildman–Crippen MR) is 91.0 cm³/mol. The molecule has 1 aliphatic rings. The van der Waals surface area contributed by atoms with Crippen molar-refractivity contribution in [3.63, 3.8) is 0 Å². The number of fused-ring (bicyclic) bond motifs is 1. The highest BCUT2D eigenvalue weighted by Crippen LogP contribution is 2.35. The molecule has 2 aromatic rings. The predicted octanol–water partition coefficient (Wildman–Crippen LogP) is 3.19. The van der Waals surface area contributed by atoms with E-state index in [-0.39, 0.29) is 22.3 Å². The normalized spacial score (nSPS) is 13.8. The smallest absolute Gasteiger partial charge is 0.337 e. The highest BCUT2D eigenvalue weighted by atomic mass is 35.5. The molecule has 0 atom stereocenters. The van der Waals surface area contributed by atoms with Crippen LogP contribution in [0.2, 0.25) is 5.02 Å². The standard InChI is InChI=1S/C18H13ClO6/c19-12-4-1-10(2-5-12)15(17(20)21)16(18(22)23)11-3-6-13-14(9-11)25-8-7-24-13/h1-6,9H,7-8H2,(H,20,21)(H,22,23). The summed E-state index contributed by atoms with van der Waals surface area (Å²) >= 11 is 5.82. The van der Waals surface area contributed by atoms with Crippen LogP contribution in [0, 0.1) is 0 Å². The molecule has 0 radical (unpaired) electrons. The SMILES string of the molecule is O=C(O)C(=C(C(=O)O)c1ccc2c(c1)OCCO2)c1ccc(Cl)cc1. The molecule has 128 valence electrons. The first-order valence-corrected chi connectivity index (χ1v) is 7.72. The number of halogens is 1. The fraction of sp³-hybridized carbons (Fsp3) is 0.111. The molecule has 7 heteroatoms. The largest absolute Gasteiger partial charge is 0.486 e. The molecule has 0 amide bonds. The molecule has 0 aliphatic carbocycles. The summed E-state index contributed by atoms with van der Waals surface area (Å²) in [4.78, 5) is 23.6. The van der Waals surface area contributed by atoms with Crippen LogP contribution in [0.1, 0.15) is 11.1 Å². The van der Waals surface area contributed by atoms with Crippen molar-refractivity contribution in [1.82, 2.24) is 0 Å². The van der Waals surface area contributed by atoms with E-state index in [0.29, 0.717) is 29.7 Å². The first-order chi connectivity index (χ1) is 12.0. The highest BCUT2D eigenvalue weighted by Gasteiger charge is 2.25. The van der Waals surface area contributed by atoms with Crippen molar-refractivity contribution < 1.29 is 29.3 Å². The molecular formula is C18H13ClO6. The van der Waals surface area contributed by atoms with E-state index in [1.54, 1.807) is 6.07 Å². The molecule has 25 heavy (non-hydrogen) atoms. The number of carboxylic acid groups (broad SMARTS) is 2. The van der Waals surface area contributed by atoms with Gasteiger partial charge in [0, 0.05) is 5.02 Å². The molecule has 0 aromatic heterocycles. The van der Waals surface area contributed by atoms with Gasteiger partial charge in [-0.1, -0.05) is 29.8 Å². The molecule has 2 N–H and O–H groups in total. The van der Waals surface area contributed by atoms with Crippen molar-refractivity contribution >= 4 is 34.7 Å². The lowest BCUT2D eigenvalue weighted by atomic mass is 9.94. The summed E-state index contributed by atoms with van der Waals surface area (Å²) in [5.41, 5.74) is -0.221. The molecule has 0 saturated carbocycles. The van der Waals surface area contributed by atoms with Crippen LogP contribution in [0.25, 0.3) is 11.1 Å². The minimum Gasteiger partial charge on any atom is -0.486 e. The van der Waals surface area contributed by atoms with Crippen LogP contribution in [-0.4, -0.2) is 35.4 Å². The summed E-state index contributed by atoms with van der Waals surface area (Å²) in [5.74, 6) is -1.84. The Morgan fingerprint density at radius 3 is 1.92 bits per heavy atom. The summed E-state index contributed by atoms with van der Waals surface area (Å²) in [7, 11) is 0. The second kappa shape index (κ2) is 6.86. The number of ether oxygens (including phenoxy) is 2. The molecule has 0 fully saturated rings. The Labute approximate surface area is 147 Å². The summed E-state index contributed by atoms with van der Waals surface area (Å²) < 4.78 is 10.9. The summed E-state index contributed by atoms with van der Waals surface area (Å²) in [6.07, 6.45) is 0. The van der Waals surface area contributed by atoms with Gasteiger partial charge < -0.3 is 19.7 Å². The van der Waals surface area contributed by atoms with Crippen LogP contribution < -0.4 is 9.47 Å². The zero-order valence-corrected chi connectivity index (χ0v) is 13.6. The van der Waals surface area contributed by atoms with Crippen molar-refractivity contribution in [3.05, 3.63) is 58.6 Å². The van der Waals surface area contributed by atoms with E-state index in [0.717, 1.165) is 0 Å². The monoisotopic (exact) mass is 360 g/mol. The number of carboxylic acids is 2. The first-order valence-electron chi connectivity index (χ1n) is 7.34. The molecule has 1 heterocycles. The Balaban J connectivity index is 2.21. The minimum atomic E-state index is -1.36. The quantitative estimate of drug-likeness (QED) is 0.642. The molecule has 0 saturated heterocycles. The lowest BCUT2D eigenvalue weighted by Crippen LogP contribution is -2.16. The van der Waals surface area contributed by atoms with Gasteiger partial charge in [0.15, 0.2) is 11.5 Å². The molecule has 1 aliphatic heterocycles. The fourth-order valence-electron chi connectivity index (χ4n) is 2.56. The average Bonchev–Trinajstić information content (AvgIpc) is 2.59. The van der Waals surface area contributed by atoms with Gasteiger partial charge in [0.05, 0.1) is 11.1 Å². The van der Waals surface area contributed by atoms with Crippen LogP contribution in [-0.2, 0) is 9.59 Å². The van der Waals surface area contributed by atoms with Crippen molar-refractivity contribution in [3.8, 4) is 11.5 Å².